The van der Waals surface area contributed by atoms with Crippen LogP contribution in [0, 0.1) is 0 Å². The van der Waals surface area contributed by atoms with Crippen LogP contribution in [0.25, 0.3) is 82.5 Å². The Morgan fingerprint density at radius 3 is 1.11 bits per heavy atom. The molecule has 0 amide bonds. The molecule has 3 heterocycles. The first-order valence-corrected chi connectivity index (χ1v) is 15.5. The number of hydrogen-bond acceptors (Lipinski definition) is 0. The van der Waals surface area contributed by atoms with Crippen molar-refractivity contribution in [1.82, 2.24) is 13.7 Å². The van der Waals surface area contributed by atoms with Gasteiger partial charge >= 0.3 is 0 Å². The van der Waals surface area contributed by atoms with Crippen LogP contribution in [0.5, 0.6) is 0 Å². The van der Waals surface area contributed by atoms with Gasteiger partial charge in [0.15, 0.2) is 0 Å². The van der Waals surface area contributed by atoms with E-state index in [9.17, 15) is 0 Å². The number of benzene rings is 6. The summed E-state index contributed by atoms with van der Waals surface area (Å²) in [7, 11) is 0. The molecular weight excluding hydrogens is 546 g/mol. The van der Waals surface area contributed by atoms with E-state index in [0.717, 1.165) is 17.1 Å². The van der Waals surface area contributed by atoms with Gasteiger partial charge in [-0.3, -0.25) is 0 Å². The van der Waals surface area contributed by atoms with Gasteiger partial charge in [0.05, 0.1) is 33.1 Å². The summed E-state index contributed by atoms with van der Waals surface area (Å²) in [6.07, 6.45) is 1.99. The summed E-state index contributed by atoms with van der Waals surface area (Å²) in [5.41, 5.74) is 11.8. The number of nitrogens with zero attached hydrogens (tertiary/aromatic N) is 3. The molecule has 0 aliphatic heterocycles. The molecule has 45 heavy (non-hydrogen) atoms. The lowest BCUT2D eigenvalue weighted by atomic mass is 10.1. The zero-order chi connectivity index (χ0) is 30.2. The molecule has 9 aromatic rings. The molecule has 0 radical (unpaired) electrons. The number of para-hydroxylation sites is 4. The van der Waals surface area contributed by atoms with Gasteiger partial charge in [0.1, 0.15) is 0 Å². The van der Waals surface area contributed by atoms with E-state index in [2.05, 4.69) is 168 Å². The summed E-state index contributed by atoms with van der Waals surface area (Å²) >= 11 is 0. The Bertz CT molecular complexity index is 2410. The molecule has 9 rings (SSSR count). The summed E-state index contributed by atoms with van der Waals surface area (Å²) in [4.78, 5) is 0. The van der Waals surface area contributed by atoms with Crippen LogP contribution in [0.4, 0.5) is 0 Å². The lowest BCUT2D eigenvalue weighted by molar-refractivity contribution is 1.15. The van der Waals surface area contributed by atoms with Crippen LogP contribution in [0.3, 0.4) is 0 Å². The molecule has 0 bridgehead atoms. The third kappa shape index (κ3) is 3.58. The number of fused-ring (bicyclic) bond motifs is 9. The molecule has 0 aliphatic rings. The van der Waals surface area contributed by atoms with E-state index >= 15 is 0 Å². The molecule has 0 N–H and O–H groups in total. The van der Waals surface area contributed by atoms with Crippen molar-refractivity contribution in [2.45, 2.75) is 13.8 Å². The zero-order valence-corrected chi connectivity index (χ0v) is 25.3. The quantitative estimate of drug-likeness (QED) is 0.185. The fraction of sp³-hybridized carbons (Fsp3) is 0.0476. The van der Waals surface area contributed by atoms with Gasteiger partial charge in [0, 0.05) is 49.4 Å². The lowest BCUT2D eigenvalue weighted by Crippen LogP contribution is -1.99. The van der Waals surface area contributed by atoms with Gasteiger partial charge in [0.2, 0.25) is 0 Å². The van der Waals surface area contributed by atoms with Gasteiger partial charge in [-0.2, -0.15) is 0 Å². The summed E-state index contributed by atoms with van der Waals surface area (Å²) in [5.74, 6) is 0. The second kappa shape index (κ2) is 9.60. The van der Waals surface area contributed by atoms with E-state index in [-0.39, 0.29) is 0 Å². The molecule has 3 heteroatoms. The molecule has 0 aliphatic carbocycles. The third-order valence-electron chi connectivity index (χ3n) is 9.36. The number of aromatic nitrogens is 3. The van der Waals surface area contributed by atoms with Crippen LogP contribution in [0.15, 0.2) is 152 Å². The van der Waals surface area contributed by atoms with E-state index in [4.69, 9.17) is 0 Å². The molecule has 0 spiro atoms. The maximum atomic E-state index is 4.27. The standard InChI is InChI=1S/C42H31N3/c1-4-36(27(2)3)45-41-25-28(43-37-17-9-5-13-30(37)31-14-6-10-18-38(31)43)21-23-34(41)35-24-22-29(26-42(35)45)44-39-19-11-7-15-32(39)33-16-8-12-20-40(33)44/h4-26H,1H2,2-3H3. The maximum absolute atomic E-state index is 4.27. The topological polar surface area (TPSA) is 14.8 Å². The van der Waals surface area contributed by atoms with Crippen LogP contribution >= 0.6 is 0 Å². The minimum absolute atomic E-state index is 1.11. The fourth-order valence-electron chi connectivity index (χ4n) is 7.45. The highest BCUT2D eigenvalue weighted by atomic mass is 15.0. The maximum Gasteiger partial charge on any atom is 0.0561 e. The van der Waals surface area contributed by atoms with Crippen molar-refractivity contribution in [3.63, 3.8) is 0 Å². The number of rotatable bonds is 4. The van der Waals surface area contributed by atoms with Crippen molar-refractivity contribution in [2.24, 2.45) is 0 Å². The van der Waals surface area contributed by atoms with Crippen LogP contribution in [0.1, 0.15) is 13.8 Å². The first-order chi connectivity index (χ1) is 22.1. The van der Waals surface area contributed by atoms with E-state index < -0.39 is 0 Å². The van der Waals surface area contributed by atoms with Crippen molar-refractivity contribution < 1.29 is 0 Å². The summed E-state index contributed by atoms with van der Waals surface area (Å²) < 4.78 is 7.19. The first kappa shape index (κ1) is 25.7. The third-order valence-corrected chi connectivity index (χ3v) is 9.36. The molecule has 0 atom stereocenters. The Labute approximate surface area is 261 Å². The second-order valence-electron chi connectivity index (χ2n) is 12.1. The van der Waals surface area contributed by atoms with E-state index in [1.54, 1.807) is 0 Å². The van der Waals surface area contributed by atoms with Crippen molar-refractivity contribution >= 4 is 71.1 Å². The normalized spacial score (nSPS) is 11.9. The minimum Gasteiger partial charge on any atom is -0.309 e. The van der Waals surface area contributed by atoms with Crippen molar-refractivity contribution in [3.8, 4) is 11.4 Å². The van der Waals surface area contributed by atoms with Gasteiger partial charge in [0.25, 0.3) is 0 Å². The van der Waals surface area contributed by atoms with Gasteiger partial charge in [-0.05, 0) is 68.5 Å². The SMILES string of the molecule is C=CC(=C(C)C)n1c2cc(-n3c4ccccc4c4ccccc43)ccc2c2ccc(-n3c4ccccc4c4ccccc43)cc21. The highest BCUT2D eigenvalue weighted by Crippen LogP contribution is 2.39. The molecular formula is C42H31N3. The molecule has 0 unspecified atom stereocenters. The van der Waals surface area contributed by atoms with E-state index in [1.807, 2.05) is 6.08 Å². The average molecular weight is 578 g/mol. The Balaban J connectivity index is 1.38. The molecule has 214 valence electrons. The first-order valence-electron chi connectivity index (χ1n) is 15.5. The van der Waals surface area contributed by atoms with Crippen LogP contribution in [0.2, 0.25) is 0 Å². The Morgan fingerprint density at radius 2 is 0.778 bits per heavy atom. The monoisotopic (exact) mass is 577 g/mol. The molecule has 0 saturated carbocycles. The predicted molar refractivity (Wildman–Crippen MR) is 193 cm³/mol. The van der Waals surface area contributed by atoms with E-state index in [0.29, 0.717) is 0 Å². The van der Waals surface area contributed by atoms with Crippen molar-refractivity contribution in [3.05, 3.63) is 152 Å². The van der Waals surface area contributed by atoms with E-state index in [1.165, 1.54) is 71.0 Å². The average Bonchev–Trinajstić information content (AvgIpc) is 3.70. The summed E-state index contributed by atoms with van der Waals surface area (Å²) in [5, 5.41) is 7.51. The molecule has 3 aromatic heterocycles. The highest BCUT2D eigenvalue weighted by Gasteiger charge is 2.19. The van der Waals surface area contributed by atoms with Crippen molar-refractivity contribution in [1.29, 1.82) is 0 Å². The summed E-state index contributed by atoms with van der Waals surface area (Å²) in [6.45, 7) is 8.61. The largest absolute Gasteiger partial charge is 0.309 e. The Hall–Kier alpha value is -5.80. The summed E-state index contributed by atoms with van der Waals surface area (Å²) in [6, 6.07) is 48.6. The van der Waals surface area contributed by atoms with Gasteiger partial charge in [-0.1, -0.05) is 97.1 Å². The second-order valence-corrected chi connectivity index (χ2v) is 12.1. The van der Waals surface area contributed by atoms with Crippen LogP contribution < -0.4 is 0 Å². The Morgan fingerprint density at radius 1 is 0.444 bits per heavy atom. The minimum atomic E-state index is 1.11. The highest BCUT2D eigenvalue weighted by molar-refractivity contribution is 6.14. The Kier molecular flexibility index (Phi) is 5.48. The van der Waals surface area contributed by atoms with Gasteiger partial charge in [-0.25, -0.2) is 0 Å². The molecule has 0 fully saturated rings. The smallest absolute Gasteiger partial charge is 0.0561 e. The van der Waals surface area contributed by atoms with Gasteiger partial charge in [-0.15, -0.1) is 0 Å². The lowest BCUT2D eigenvalue weighted by Gasteiger charge is -2.14. The zero-order valence-electron chi connectivity index (χ0n) is 25.3. The number of allylic oxidation sites excluding steroid dienone is 3. The number of hydrogen-bond donors (Lipinski definition) is 0. The predicted octanol–water partition coefficient (Wildman–Crippen LogP) is 11.4. The molecule has 3 nitrogen and oxygen atoms in total. The fourth-order valence-corrected chi connectivity index (χ4v) is 7.45. The molecule has 6 aromatic carbocycles. The van der Waals surface area contributed by atoms with Crippen molar-refractivity contribution in [2.75, 3.05) is 0 Å². The van der Waals surface area contributed by atoms with Crippen LogP contribution in [-0.2, 0) is 0 Å². The van der Waals surface area contributed by atoms with Crippen LogP contribution in [-0.4, -0.2) is 13.7 Å². The van der Waals surface area contributed by atoms with Gasteiger partial charge < -0.3 is 13.7 Å². The molecule has 0 saturated heterocycles.